The lowest BCUT2D eigenvalue weighted by molar-refractivity contribution is -0.303. The van der Waals surface area contributed by atoms with Gasteiger partial charge in [0, 0.05) is 0 Å². The maximum absolute atomic E-state index is 10.4. The van der Waals surface area contributed by atoms with E-state index in [0.717, 1.165) is 0 Å². The SMILES string of the molecule is CC1(C)OC[C@H]2O[C@]3(COC(C)(C)O3)[C@H](O)C2O1. The Hall–Kier alpha value is -0.240. The van der Waals surface area contributed by atoms with E-state index in [0.29, 0.717) is 6.61 Å². The molecule has 18 heavy (non-hydrogen) atoms. The molecule has 104 valence electrons. The maximum atomic E-state index is 10.4. The fourth-order valence-electron chi connectivity index (χ4n) is 2.71. The van der Waals surface area contributed by atoms with Gasteiger partial charge < -0.3 is 28.8 Å². The van der Waals surface area contributed by atoms with E-state index in [4.69, 9.17) is 23.7 Å². The van der Waals surface area contributed by atoms with Crippen molar-refractivity contribution in [1.29, 1.82) is 0 Å². The van der Waals surface area contributed by atoms with E-state index in [-0.39, 0.29) is 12.7 Å². The molecular weight excluding hydrogens is 240 g/mol. The Balaban J connectivity index is 1.82. The van der Waals surface area contributed by atoms with Crippen LogP contribution in [-0.2, 0) is 23.7 Å². The number of ether oxygens (including phenoxy) is 5. The molecule has 0 radical (unpaired) electrons. The summed E-state index contributed by atoms with van der Waals surface area (Å²) in [6, 6.07) is 0. The molecule has 3 saturated heterocycles. The van der Waals surface area contributed by atoms with Crippen LogP contribution in [0.3, 0.4) is 0 Å². The van der Waals surface area contributed by atoms with Crippen molar-refractivity contribution in [3.8, 4) is 0 Å². The Bertz CT molecular complexity index is 352. The fraction of sp³-hybridized carbons (Fsp3) is 1.00. The smallest absolute Gasteiger partial charge is 0.224 e. The Morgan fingerprint density at radius 2 is 1.72 bits per heavy atom. The minimum absolute atomic E-state index is 0.192. The zero-order valence-corrected chi connectivity index (χ0v) is 11.1. The minimum Gasteiger partial charge on any atom is -0.385 e. The van der Waals surface area contributed by atoms with Crippen molar-refractivity contribution in [3.05, 3.63) is 0 Å². The number of hydrogen-bond acceptors (Lipinski definition) is 6. The average molecular weight is 260 g/mol. The fourth-order valence-corrected chi connectivity index (χ4v) is 2.71. The molecular formula is C12H20O6. The summed E-state index contributed by atoms with van der Waals surface area (Å²) in [6.45, 7) is 7.79. The summed E-state index contributed by atoms with van der Waals surface area (Å²) in [5.74, 6) is -2.61. The van der Waals surface area contributed by atoms with Gasteiger partial charge in [0.2, 0.25) is 5.79 Å². The number of rotatable bonds is 0. The second kappa shape index (κ2) is 3.65. The van der Waals surface area contributed by atoms with Gasteiger partial charge in [-0.2, -0.15) is 0 Å². The summed E-state index contributed by atoms with van der Waals surface area (Å²) < 4.78 is 28.3. The second-order valence-corrected chi connectivity index (χ2v) is 6.00. The summed E-state index contributed by atoms with van der Waals surface area (Å²) in [7, 11) is 0. The van der Waals surface area contributed by atoms with Crippen molar-refractivity contribution in [2.75, 3.05) is 13.2 Å². The van der Waals surface area contributed by atoms with E-state index in [9.17, 15) is 5.11 Å². The molecule has 6 nitrogen and oxygen atoms in total. The molecule has 3 aliphatic rings. The van der Waals surface area contributed by atoms with Crippen molar-refractivity contribution in [2.45, 2.75) is 63.4 Å². The van der Waals surface area contributed by atoms with Crippen molar-refractivity contribution >= 4 is 0 Å². The second-order valence-electron chi connectivity index (χ2n) is 6.00. The molecule has 3 rings (SSSR count). The summed E-state index contributed by atoms with van der Waals surface area (Å²) in [5.41, 5.74) is 0. The summed E-state index contributed by atoms with van der Waals surface area (Å²) >= 11 is 0. The third kappa shape index (κ3) is 1.88. The molecule has 0 aromatic heterocycles. The average Bonchev–Trinajstić information content (AvgIpc) is 2.68. The molecule has 0 saturated carbocycles. The van der Waals surface area contributed by atoms with Crippen LogP contribution in [0, 0.1) is 0 Å². The van der Waals surface area contributed by atoms with Crippen LogP contribution in [0.4, 0.5) is 0 Å². The van der Waals surface area contributed by atoms with Crippen LogP contribution in [0.2, 0.25) is 0 Å². The van der Waals surface area contributed by atoms with Gasteiger partial charge in [-0.25, -0.2) is 0 Å². The number of aliphatic hydroxyl groups excluding tert-OH is 1. The summed E-state index contributed by atoms with van der Waals surface area (Å²) in [6.07, 6.45) is -1.66. The maximum Gasteiger partial charge on any atom is 0.224 e. The van der Waals surface area contributed by atoms with Crippen molar-refractivity contribution in [2.24, 2.45) is 0 Å². The molecule has 3 heterocycles. The van der Waals surface area contributed by atoms with Crippen molar-refractivity contribution in [1.82, 2.24) is 0 Å². The van der Waals surface area contributed by atoms with E-state index in [1.165, 1.54) is 0 Å². The van der Waals surface area contributed by atoms with Crippen LogP contribution in [0.1, 0.15) is 27.7 Å². The molecule has 3 aliphatic heterocycles. The van der Waals surface area contributed by atoms with E-state index in [1.807, 2.05) is 13.8 Å². The first-order valence-electron chi connectivity index (χ1n) is 6.25. The van der Waals surface area contributed by atoms with Crippen molar-refractivity contribution < 1.29 is 28.8 Å². The van der Waals surface area contributed by atoms with Crippen LogP contribution in [0.5, 0.6) is 0 Å². The van der Waals surface area contributed by atoms with E-state index < -0.39 is 29.6 Å². The molecule has 6 heteroatoms. The molecule has 0 amide bonds. The van der Waals surface area contributed by atoms with Crippen molar-refractivity contribution in [3.63, 3.8) is 0 Å². The van der Waals surface area contributed by atoms with E-state index in [1.54, 1.807) is 13.8 Å². The molecule has 1 spiro atoms. The summed E-state index contributed by atoms with van der Waals surface area (Å²) in [4.78, 5) is 0. The van der Waals surface area contributed by atoms with Crippen LogP contribution in [0.25, 0.3) is 0 Å². The Kier molecular flexibility index (Phi) is 2.59. The minimum atomic E-state index is -1.14. The van der Waals surface area contributed by atoms with E-state index in [2.05, 4.69) is 0 Å². The lowest BCUT2D eigenvalue weighted by atomic mass is 10.0. The largest absolute Gasteiger partial charge is 0.385 e. The molecule has 4 atom stereocenters. The first-order chi connectivity index (χ1) is 8.23. The van der Waals surface area contributed by atoms with Crippen LogP contribution >= 0.6 is 0 Å². The molecule has 0 aliphatic carbocycles. The van der Waals surface area contributed by atoms with Gasteiger partial charge >= 0.3 is 0 Å². The Morgan fingerprint density at radius 3 is 2.33 bits per heavy atom. The molecule has 0 aromatic rings. The monoisotopic (exact) mass is 260 g/mol. The number of fused-ring (bicyclic) bond motifs is 1. The zero-order valence-electron chi connectivity index (χ0n) is 11.1. The van der Waals surface area contributed by atoms with E-state index >= 15 is 0 Å². The van der Waals surface area contributed by atoms with Gasteiger partial charge in [0.15, 0.2) is 11.6 Å². The number of aliphatic hydroxyl groups is 1. The first-order valence-corrected chi connectivity index (χ1v) is 6.25. The highest BCUT2D eigenvalue weighted by Gasteiger charge is 2.64. The Morgan fingerprint density at radius 1 is 1.00 bits per heavy atom. The molecule has 1 unspecified atom stereocenters. The quantitative estimate of drug-likeness (QED) is 0.679. The standard InChI is InChI=1S/C12H20O6/c1-10(2)14-5-7-8(17-10)9(13)12(16-7)6-15-11(3,4)18-12/h7-9,13H,5-6H2,1-4H3/t7-,8?,9-,12+/m1/s1. The normalized spacial score (nSPS) is 49.5. The topological polar surface area (TPSA) is 66.4 Å². The van der Waals surface area contributed by atoms with Gasteiger partial charge in [-0.15, -0.1) is 0 Å². The highest BCUT2D eigenvalue weighted by molar-refractivity contribution is 5.02. The summed E-state index contributed by atoms with van der Waals surface area (Å²) in [5, 5.41) is 10.4. The lowest BCUT2D eigenvalue weighted by Gasteiger charge is -2.37. The van der Waals surface area contributed by atoms with Gasteiger partial charge in [-0.1, -0.05) is 0 Å². The molecule has 0 bridgehead atoms. The van der Waals surface area contributed by atoms with Crippen LogP contribution in [-0.4, -0.2) is 54.0 Å². The molecule has 3 fully saturated rings. The van der Waals surface area contributed by atoms with Crippen LogP contribution < -0.4 is 0 Å². The third-order valence-corrected chi connectivity index (χ3v) is 3.53. The highest BCUT2D eigenvalue weighted by Crippen LogP contribution is 2.45. The lowest BCUT2D eigenvalue weighted by Crippen LogP contribution is -2.52. The number of hydrogen-bond donors (Lipinski definition) is 1. The van der Waals surface area contributed by atoms with Gasteiger partial charge in [-0.3, -0.25) is 0 Å². The zero-order chi connectivity index (χ0) is 13.2. The van der Waals surface area contributed by atoms with Gasteiger partial charge in [0.05, 0.1) is 6.61 Å². The van der Waals surface area contributed by atoms with Gasteiger partial charge in [-0.05, 0) is 27.7 Å². The third-order valence-electron chi connectivity index (χ3n) is 3.53. The molecule has 1 N–H and O–H groups in total. The molecule has 0 aromatic carbocycles. The first kappa shape index (κ1) is 12.8. The van der Waals surface area contributed by atoms with Gasteiger partial charge in [0.25, 0.3) is 0 Å². The predicted octanol–water partition coefficient (Wildman–Crippen LogP) is 0.377. The highest BCUT2D eigenvalue weighted by atomic mass is 16.9. The van der Waals surface area contributed by atoms with Crippen LogP contribution in [0.15, 0.2) is 0 Å². The van der Waals surface area contributed by atoms with Gasteiger partial charge in [0.1, 0.15) is 24.9 Å². The Labute approximate surface area is 106 Å². The predicted molar refractivity (Wildman–Crippen MR) is 59.6 cm³/mol.